The lowest BCUT2D eigenvalue weighted by atomic mass is 10.00. The van der Waals surface area contributed by atoms with Gasteiger partial charge in [-0.25, -0.2) is 0 Å². The number of rotatable bonds is 6. The molecule has 7 heteroatoms. The molecule has 0 radical (unpaired) electrons. The first-order valence-electron chi connectivity index (χ1n) is 8.29. The summed E-state index contributed by atoms with van der Waals surface area (Å²) in [6.45, 7) is 1.66. The number of hydrogen-bond acceptors (Lipinski definition) is 4. The zero-order chi connectivity index (χ0) is 19.4. The third-order valence-electron chi connectivity index (χ3n) is 4.15. The van der Waals surface area contributed by atoms with E-state index >= 15 is 0 Å². The van der Waals surface area contributed by atoms with Gasteiger partial charge in [0.1, 0.15) is 5.75 Å². The number of nitrogens with zero attached hydrogens (tertiary/aromatic N) is 1. The Morgan fingerprint density at radius 2 is 1.93 bits per heavy atom. The van der Waals surface area contributed by atoms with E-state index in [1.807, 2.05) is 49.4 Å². The molecule has 1 atom stereocenters. The van der Waals surface area contributed by atoms with E-state index in [1.165, 1.54) is 18.2 Å². The van der Waals surface area contributed by atoms with Gasteiger partial charge in [-0.3, -0.25) is 14.9 Å². The van der Waals surface area contributed by atoms with Crippen LogP contribution in [0.25, 0.3) is 10.8 Å². The number of ether oxygens (including phenoxy) is 1. The Balaban J connectivity index is 1.64. The molecule has 0 aliphatic rings. The van der Waals surface area contributed by atoms with Crippen LogP contribution < -0.4 is 10.1 Å². The van der Waals surface area contributed by atoms with Gasteiger partial charge in [0.25, 0.3) is 11.6 Å². The van der Waals surface area contributed by atoms with Crippen molar-refractivity contribution in [2.45, 2.75) is 13.0 Å². The molecule has 6 nitrogen and oxygen atoms in total. The first-order chi connectivity index (χ1) is 13.0. The lowest BCUT2D eigenvalue weighted by Gasteiger charge is -2.17. The number of halogens is 1. The normalized spacial score (nSPS) is 11.8. The number of nitro benzene ring substituents is 1. The fourth-order valence-corrected chi connectivity index (χ4v) is 3.08. The zero-order valence-corrected chi connectivity index (χ0v) is 15.3. The van der Waals surface area contributed by atoms with Crippen molar-refractivity contribution in [1.82, 2.24) is 5.32 Å². The second-order valence-electron chi connectivity index (χ2n) is 6.02. The highest BCUT2D eigenvalue weighted by Crippen LogP contribution is 2.28. The van der Waals surface area contributed by atoms with Crippen molar-refractivity contribution in [3.05, 3.63) is 81.4 Å². The van der Waals surface area contributed by atoms with E-state index in [0.717, 1.165) is 16.3 Å². The minimum absolute atomic E-state index is 0.0825. The van der Waals surface area contributed by atoms with Crippen LogP contribution in [-0.2, 0) is 4.79 Å². The summed E-state index contributed by atoms with van der Waals surface area (Å²) in [6, 6.07) is 17.5. The van der Waals surface area contributed by atoms with Crippen LogP contribution >= 0.6 is 11.6 Å². The molecule has 3 rings (SSSR count). The Kier molecular flexibility index (Phi) is 5.57. The number of benzene rings is 3. The molecular formula is C20H17ClN2O4. The number of fused-ring (bicyclic) bond motifs is 1. The highest BCUT2D eigenvalue weighted by molar-refractivity contribution is 6.32. The number of carbonyl (C=O) groups is 1. The largest absolute Gasteiger partial charge is 0.482 e. The Bertz CT molecular complexity index is 1000. The van der Waals surface area contributed by atoms with Gasteiger partial charge in [0.05, 0.1) is 16.0 Å². The van der Waals surface area contributed by atoms with E-state index in [2.05, 4.69) is 5.32 Å². The summed E-state index contributed by atoms with van der Waals surface area (Å²) in [5.41, 5.74) is 0.871. The maximum atomic E-state index is 12.2. The van der Waals surface area contributed by atoms with Crippen LogP contribution in [0.1, 0.15) is 18.5 Å². The van der Waals surface area contributed by atoms with E-state index in [0.29, 0.717) is 0 Å². The molecule has 3 aromatic rings. The van der Waals surface area contributed by atoms with Crippen LogP contribution in [0, 0.1) is 10.1 Å². The van der Waals surface area contributed by atoms with E-state index < -0.39 is 4.92 Å². The van der Waals surface area contributed by atoms with Crippen LogP contribution in [0.3, 0.4) is 0 Å². The lowest BCUT2D eigenvalue weighted by Crippen LogP contribution is -2.31. The minimum atomic E-state index is -0.547. The van der Waals surface area contributed by atoms with Gasteiger partial charge in [0.15, 0.2) is 6.61 Å². The number of amides is 1. The quantitative estimate of drug-likeness (QED) is 0.495. The molecule has 0 bridgehead atoms. The van der Waals surface area contributed by atoms with Gasteiger partial charge in [0, 0.05) is 12.1 Å². The van der Waals surface area contributed by atoms with Gasteiger partial charge in [-0.15, -0.1) is 0 Å². The average Bonchev–Trinajstić information content (AvgIpc) is 2.66. The van der Waals surface area contributed by atoms with Crippen molar-refractivity contribution in [3.63, 3.8) is 0 Å². The monoisotopic (exact) mass is 384 g/mol. The van der Waals surface area contributed by atoms with Crippen molar-refractivity contribution >= 4 is 34.0 Å². The van der Waals surface area contributed by atoms with Crippen LogP contribution in [0.2, 0.25) is 5.02 Å². The molecule has 0 aliphatic heterocycles. The van der Waals surface area contributed by atoms with E-state index in [4.69, 9.17) is 16.3 Å². The van der Waals surface area contributed by atoms with E-state index in [9.17, 15) is 14.9 Å². The third kappa shape index (κ3) is 4.35. The molecule has 0 saturated carbocycles. The Morgan fingerprint density at radius 1 is 1.19 bits per heavy atom. The average molecular weight is 385 g/mol. The molecule has 0 fully saturated rings. The zero-order valence-electron chi connectivity index (χ0n) is 14.5. The van der Waals surface area contributed by atoms with Gasteiger partial charge in [-0.05, 0) is 29.3 Å². The molecular weight excluding hydrogens is 368 g/mol. The highest BCUT2D eigenvalue weighted by Gasteiger charge is 2.14. The fourth-order valence-electron chi connectivity index (χ4n) is 2.85. The second-order valence-corrected chi connectivity index (χ2v) is 6.43. The topological polar surface area (TPSA) is 81.5 Å². The van der Waals surface area contributed by atoms with Gasteiger partial charge < -0.3 is 10.1 Å². The summed E-state index contributed by atoms with van der Waals surface area (Å²) in [6.07, 6.45) is 0. The molecule has 0 saturated heterocycles. The molecule has 0 aliphatic carbocycles. The highest BCUT2D eigenvalue weighted by atomic mass is 35.5. The van der Waals surface area contributed by atoms with Crippen LogP contribution in [0.4, 0.5) is 5.69 Å². The summed E-state index contributed by atoms with van der Waals surface area (Å²) in [4.78, 5) is 22.4. The number of hydrogen-bond donors (Lipinski definition) is 1. The Labute approximate surface area is 160 Å². The molecule has 1 N–H and O–H groups in total. The van der Waals surface area contributed by atoms with Crippen molar-refractivity contribution in [2.75, 3.05) is 6.61 Å². The summed E-state index contributed by atoms with van der Waals surface area (Å²) in [5, 5.41) is 15.9. The van der Waals surface area contributed by atoms with Crippen LogP contribution in [-0.4, -0.2) is 17.4 Å². The third-order valence-corrected chi connectivity index (χ3v) is 4.45. The SMILES string of the molecule is C[C@@H](NC(=O)COc1ccc([N+](=O)[O-])cc1Cl)c1cccc2ccccc12. The van der Waals surface area contributed by atoms with Crippen LogP contribution in [0.5, 0.6) is 5.75 Å². The predicted octanol–water partition coefficient (Wildman–Crippen LogP) is 4.66. The minimum Gasteiger partial charge on any atom is -0.482 e. The Morgan fingerprint density at radius 3 is 2.67 bits per heavy atom. The summed E-state index contributed by atoms with van der Waals surface area (Å²) >= 11 is 5.96. The molecule has 138 valence electrons. The molecule has 0 heterocycles. The molecule has 0 spiro atoms. The van der Waals surface area contributed by atoms with Crippen molar-refractivity contribution < 1.29 is 14.5 Å². The molecule has 1 amide bonds. The summed E-state index contributed by atoms with van der Waals surface area (Å²) in [5.74, 6) is -0.0971. The van der Waals surface area contributed by atoms with Gasteiger partial charge in [0.2, 0.25) is 0 Å². The molecule has 0 aromatic heterocycles. The smallest absolute Gasteiger partial charge is 0.271 e. The number of nitrogens with one attached hydrogen (secondary N) is 1. The van der Waals surface area contributed by atoms with E-state index in [1.54, 1.807) is 0 Å². The van der Waals surface area contributed by atoms with Crippen LogP contribution in [0.15, 0.2) is 60.7 Å². The number of carbonyl (C=O) groups excluding carboxylic acids is 1. The molecule has 3 aromatic carbocycles. The van der Waals surface area contributed by atoms with Crippen molar-refractivity contribution in [3.8, 4) is 5.75 Å². The van der Waals surface area contributed by atoms with Gasteiger partial charge >= 0.3 is 0 Å². The van der Waals surface area contributed by atoms with Gasteiger partial charge in [-0.2, -0.15) is 0 Å². The standard InChI is InChI=1S/C20H17ClN2O4/c1-13(16-8-4-6-14-5-2-3-7-17(14)16)22-20(24)12-27-19-10-9-15(23(25)26)11-18(19)21/h2-11,13H,12H2,1H3,(H,22,24)/t13-/m1/s1. The molecule has 27 heavy (non-hydrogen) atoms. The number of nitro groups is 1. The fraction of sp³-hybridized carbons (Fsp3) is 0.150. The van der Waals surface area contributed by atoms with Crippen molar-refractivity contribution in [1.29, 1.82) is 0 Å². The van der Waals surface area contributed by atoms with Gasteiger partial charge in [-0.1, -0.05) is 54.1 Å². The number of non-ortho nitro benzene ring substituents is 1. The predicted molar refractivity (Wildman–Crippen MR) is 104 cm³/mol. The maximum Gasteiger partial charge on any atom is 0.271 e. The lowest BCUT2D eigenvalue weighted by molar-refractivity contribution is -0.384. The summed E-state index contributed by atoms with van der Waals surface area (Å²) < 4.78 is 5.39. The first kappa shape index (κ1) is 18.7. The summed E-state index contributed by atoms with van der Waals surface area (Å²) in [7, 11) is 0. The molecule has 0 unspecified atom stereocenters. The second kappa shape index (κ2) is 8.05. The van der Waals surface area contributed by atoms with E-state index in [-0.39, 0.29) is 35.0 Å². The first-order valence-corrected chi connectivity index (χ1v) is 8.67. The van der Waals surface area contributed by atoms with Crippen molar-refractivity contribution in [2.24, 2.45) is 0 Å². The Hall–Kier alpha value is -3.12. The maximum absolute atomic E-state index is 12.2.